The van der Waals surface area contributed by atoms with Gasteiger partial charge in [-0.25, -0.2) is 0 Å². The number of nitro benzene ring substituents is 1. The molecule has 0 aliphatic rings. The molecule has 0 spiro atoms. The van der Waals surface area contributed by atoms with Gasteiger partial charge < -0.3 is 14.0 Å². The SMILES string of the molecule is COc1cccc(-c2noc(COC(=O)Cc3ccccc3[N+](=O)[O-])n2)c1. The van der Waals surface area contributed by atoms with Crippen molar-refractivity contribution in [3.05, 3.63) is 70.1 Å². The van der Waals surface area contributed by atoms with Crippen molar-refractivity contribution in [3.63, 3.8) is 0 Å². The second-order valence-electron chi connectivity index (χ2n) is 5.47. The number of nitro groups is 1. The minimum absolute atomic E-state index is 0.115. The van der Waals surface area contributed by atoms with Crippen LogP contribution >= 0.6 is 0 Å². The molecule has 0 N–H and O–H groups in total. The fourth-order valence-corrected chi connectivity index (χ4v) is 2.38. The quantitative estimate of drug-likeness (QED) is 0.354. The maximum absolute atomic E-state index is 12.0. The summed E-state index contributed by atoms with van der Waals surface area (Å²) >= 11 is 0. The Kier molecular flexibility index (Phi) is 5.41. The number of nitrogens with zero attached hydrogens (tertiary/aromatic N) is 3. The molecule has 3 rings (SSSR count). The zero-order valence-electron chi connectivity index (χ0n) is 14.3. The number of carbonyl (C=O) groups excluding carboxylic acids is 1. The average Bonchev–Trinajstić information content (AvgIpc) is 3.16. The smallest absolute Gasteiger partial charge is 0.311 e. The summed E-state index contributed by atoms with van der Waals surface area (Å²) in [5.41, 5.74) is 0.832. The second kappa shape index (κ2) is 8.09. The van der Waals surface area contributed by atoms with Crippen LogP contribution in [0, 0.1) is 10.1 Å². The lowest BCUT2D eigenvalue weighted by molar-refractivity contribution is -0.385. The number of benzene rings is 2. The van der Waals surface area contributed by atoms with Crippen molar-refractivity contribution < 1.29 is 23.7 Å². The van der Waals surface area contributed by atoms with Gasteiger partial charge in [0.15, 0.2) is 6.61 Å². The van der Waals surface area contributed by atoms with E-state index in [1.165, 1.54) is 18.2 Å². The van der Waals surface area contributed by atoms with Gasteiger partial charge in [-0.15, -0.1) is 0 Å². The van der Waals surface area contributed by atoms with E-state index in [2.05, 4.69) is 10.1 Å². The number of rotatable bonds is 7. The summed E-state index contributed by atoms with van der Waals surface area (Å²) in [7, 11) is 1.55. The van der Waals surface area contributed by atoms with Crippen LogP contribution in [0.25, 0.3) is 11.4 Å². The Morgan fingerprint density at radius 2 is 2.04 bits per heavy atom. The number of methoxy groups -OCH3 is 1. The van der Waals surface area contributed by atoms with Gasteiger partial charge in [-0.3, -0.25) is 14.9 Å². The molecule has 0 bridgehead atoms. The first-order valence-corrected chi connectivity index (χ1v) is 7.91. The van der Waals surface area contributed by atoms with Crippen LogP contribution < -0.4 is 4.74 Å². The Labute approximate surface area is 153 Å². The largest absolute Gasteiger partial charge is 0.497 e. The maximum atomic E-state index is 12.0. The van der Waals surface area contributed by atoms with Crippen molar-refractivity contribution >= 4 is 11.7 Å². The third-order valence-corrected chi connectivity index (χ3v) is 3.68. The average molecular weight is 369 g/mol. The number of hydrogen-bond acceptors (Lipinski definition) is 8. The summed E-state index contributed by atoms with van der Waals surface area (Å²) in [6.07, 6.45) is -0.228. The molecular weight excluding hydrogens is 354 g/mol. The molecule has 2 aromatic carbocycles. The minimum Gasteiger partial charge on any atom is -0.497 e. The molecule has 0 aliphatic heterocycles. The van der Waals surface area contributed by atoms with Crippen molar-refractivity contribution in [2.75, 3.05) is 7.11 Å². The van der Waals surface area contributed by atoms with Crippen molar-refractivity contribution in [1.29, 1.82) is 0 Å². The normalized spacial score (nSPS) is 10.4. The molecule has 3 aromatic rings. The van der Waals surface area contributed by atoms with Crippen LogP contribution in [0.4, 0.5) is 5.69 Å². The van der Waals surface area contributed by atoms with Crippen LogP contribution in [0.3, 0.4) is 0 Å². The molecule has 138 valence electrons. The molecule has 0 radical (unpaired) electrons. The molecule has 0 atom stereocenters. The van der Waals surface area contributed by atoms with Crippen LogP contribution in [-0.2, 0) is 22.6 Å². The lowest BCUT2D eigenvalue weighted by Crippen LogP contribution is -2.09. The van der Waals surface area contributed by atoms with Gasteiger partial charge >= 0.3 is 5.97 Å². The van der Waals surface area contributed by atoms with Crippen LogP contribution in [-0.4, -0.2) is 28.1 Å². The molecule has 0 saturated heterocycles. The number of esters is 1. The van der Waals surface area contributed by atoms with E-state index >= 15 is 0 Å². The molecule has 0 saturated carbocycles. The lowest BCUT2D eigenvalue weighted by Gasteiger charge is -2.03. The molecular formula is C18H15N3O6. The fraction of sp³-hybridized carbons (Fsp3) is 0.167. The molecule has 0 aliphatic carbocycles. The minimum atomic E-state index is -0.634. The predicted octanol–water partition coefficient (Wildman–Crippen LogP) is 2.94. The van der Waals surface area contributed by atoms with Crippen molar-refractivity contribution in [1.82, 2.24) is 10.1 Å². The zero-order chi connectivity index (χ0) is 19.2. The Bertz CT molecular complexity index is 969. The molecule has 9 heteroatoms. The van der Waals surface area contributed by atoms with Gasteiger partial charge in [0.25, 0.3) is 11.6 Å². The Hall–Kier alpha value is -3.75. The molecule has 0 amide bonds. The van der Waals surface area contributed by atoms with E-state index in [-0.39, 0.29) is 30.2 Å². The highest BCUT2D eigenvalue weighted by molar-refractivity contribution is 5.74. The van der Waals surface area contributed by atoms with Crippen LogP contribution in [0.2, 0.25) is 0 Å². The molecule has 1 heterocycles. The van der Waals surface area contributed by atoms with E-state index in [0.717, 1.165) is 0 Å². The first kappa shape index (κ1) is 18.1. The van der Waals surface area contributed by atoms with Crippen molar-refractivity contribution in [2.45, 2.75) is 13.0 Å². The Balaban J connectivity index is 1.62. The summed E-state index contributed by atoms with van der Waals surface area (Å²) in [4.78, 5) is 26.6. The van der Waals surface area contributed by atoms with E-state index in [4.69, 9.17) is 14.0 Å². The van der Waals surface area contributed by atoms with Gasteiger partial charge in [0.05, 0.1) is 18.5 Å². The van der Waals surface area contributed by atoms with E-state index in [1.807, 2.05) is 0 Å². The van der Waals surface area contributed by atoms with Crippen LogP contribution in [0.1, 0.15) is 11.5 Å². The van der Waals surface area contributed by atoms with Gasteiger partial charge in [-0.2, -0.15) is 4.98 Å². The second-order valence-corrected chi connectivity index (χ2v) is 5.47. The molecule has 1 aromatic heterocycles. The third kappa shape index (κ3) is 4.46. The maximum Gasteiger partial charge on any atom is 0.311 e. The number of para-hydroxylation sites is 1. The van der Waals surface area contributed by atoms with Gasteiger partial charge in [-0.05, 0) is 12.1 Å². The highest BCUT2D eigenvalue weighted by Crippen LogP contribution is 2.22. The summed E-state index contributed by atoms with van der Waals surface area (Å²) < 4.78 is 15.3. The van der Waals surface area contributed by atoms with Gasteiger partial charge in [0.1, 0.15) is 5.75 Å². The monoisotopic (exact) mass is 369 g/mol. The molecule has 9 nitrogen and oxygen atoms in total. The first-order chi connectivity index (χ1) is 13.1. The number of aromatic nitrogens is 2. The van der Waals surface area contributed by atoms with E-state index in [0.29, 0.717) is 17.1 Å². The standard InChI is InChI=1S/C18H15N3O6/c1-25-14-7-4-6-13(9-14)18-19-16(27-20-18)11-26-17(22)10-12-5-2-3-8-15(12)21(23)24/h2-9H,10-11H2,1H3. The van der Waals surface area contributed by atoms with Gasteiger partial charge in [0.2, 0.25) is 5.82 Å². The van der Waals surface area contributed by atoms with Gasteiger partial charge in [0, 0.05) is 17.2 Å². The number of hydrogen-bond donors (Lipinski definition) is 0. The summed E-state index contributed by atoms with van der Waals surface area (Å²) in [5, 5.41) is 14.8. The predicted molar refractivity (Wildman–Crippen MR) is 92.9 cm³/mol. The molecule has 0 unspecified atom stereocenters. The molecule has 27 heavy (non-hydrogen) atoms. The number of ether oxygens (including phenoxy) is 2. The van der Waals surface area contributed by atoms with Crippen LogP contribution in [0.5, 0.6) is 5.75 Å². The van der Waals surface area contributed by atoms with Gasteiger partial charge in [-0.1, -0.05) is 35.5 Å². The summed E-state index contributed by atoms with van der Waals surface area (Å²) in [6, 6.07) is 13.1. The van der Waals surface area contributed by atoms with E-state index in [9.17, 15) is 14.9 Å². The number of carbonyl (C=O) groups is 1. The Morgan fingerprint density at radius 3 is 2.81 bits per heavy atom. The third-order valence-electron chi connectivity index (χ3n) is 3.68. The van der Waals surface area contributed by atoms with Crippen LogP contribution in [0.15, 0.2) is 53.1 Å². The highest BCUT2D eigenvalue weighted by atomic mass is 16.6. The summed E-state index contributed by atoms with van der Waals surface area (Å²) in [6.45, 7) is -0.226. The zero-order valence-corrected chi connectivity index (χ0v) is 14.3. The van der Waals surface area contributed by atoms with E-state index in [1.54, 1.807) is 37.4 Å². The Morgan fingerprint density at radius 1 is 1.22 bits per heavy atom. The summed E-state index contributed by atoms with van der Waals surface area (Å²) in [5.74, 6) is 0.461. The lowest BCUT2D eigenvalue weighted by atomic mass is 10.1. The highest BCUT2D eigenvalue weighted by Gasteiger charge is 2.17. The fourth-order valence-electron chi connectivity index (χ4n) is 2.38. The van der Waals surface area contributed by atoms with Crippen molar-refractivity contribution in [3.8, 4) is 17.1 Å². The topological polar surface area (TPSA) is 118 Å². The first-order valence-electron chi connectivity index (χ1n) is 7.91. The van der Waals surface area contributed by atoms with E-state index < -0.39 is 10.9 Å². The van der Waals surface area contributed by atoms with Crippen molar-refractivity contribution in [2.24, 2.45) is 0 Å². The molecule has 0 fully saturated rings.